The van der Waals surface area contributed by atoms with Crippen LogP contribution in [0.5, 0.6) is 0 Å². The van der Waals surface area contributed by atoms with Crippen molar-refractivity contribution in [2.45, 2.75) is 13.8 Å². The zero-order chi connectivity index (χ0) is 12.5. The number of hydrogen-bond acceptors (Lipinski definition) is 4. The molecule has 0 unspecified atom stereocenters. The van der Waals surface area contributed by atoms with Gasteiger partial charge in [0, 0.05) is 39.3 Å². The first-order chi connectivity index (χ1) is 8.26. The number of nitrogens with zero attached hydrogens (tertiary/aromatic N) is 2. The second-order valence-corrected chi connectivity index (χ2v) is 4.40. The number of nitrogens with one attached hydrogen (secondary N) is 2. The van der Waals surface area contributed by atoms with Gasteiger partial charge in [-0.3, -0.25) is 14.6 Å². The van der Waals surface area contributed by atoms with Gasteiger partial charge in [-0.2, -0.15) is 0 Å². The number of carbonyl (C=O) groups excluding carboxylic acids is 1. The molecule has 0 aromatic heterocycles. The van der Waals surface area contributed by atoms with Crippen LogP contribution in [0.2, 0.25) is 0 Å². The van der Waals surface area contributed by atoms with Crippen LogP contribution in [0.4, 0.5) is 0 Å². The number of piperazine rings is 1. The molecule has 0 aromatic rings. The highest BCUT2D eigenvalue weighted by atomic mass is 16.2. The van der Waals surface area contributed by atoms with E-state index in [1.54, 1.807) is 0 Å². The lowest BCUT2D eigenvalue weighted by Gasteiger charge is -2.27. The standard InChI is InChI=1S/C12H26N4O/c1-3-15(4-2)11-12(17)14-7-10-16-8-5-13-6-9-16/h13H,3-11H2,1-2H3,(H,14,17). The van der Waals surface area contributed by atoms with Crippen molar-refractivity contribution in [3.05, 3.63) is 0 Å². The maximum atomic E-state index is 11.6. The summed E-state index contributed by atoms with van der Waals surface area (Å²) in [6.07, 6.45) is 0. The van der Waals surface area contributed by atoms with Crippen LogP contribution in [0.1, 0.15) is 13.8 Å². The van der Waals surface area contributed by atoms with Gasteiger partial charge in [0.25, 0.3) is 0 Å². The normalized spacial score (nSPS) is 17.4. The molecule has 2 N–H and O–H groups in total. The van der Waals surface area contributed by atoms with Crippen LogP contribution in [0.15, 0.2) is 0 Å². The van der Waals surface area contributed by atoms with Gasteiger partial charge in [-0.05, 0) is 13.1 Å². The average Bonchev–Trinajstić information content (AvgIpc) is 2.37. The number of amides is 1. The molecule has 1 heterocycles. The Hall–Kier alpha value is -0.650. The first kappa shape index (κ1) is 14.4. The molecule has 0 bridgehead atoms. The smallest absolute Gasteiger partial charge is 0.234 e. The second-order valence-electron chi connectivity index (χ2n) is 4.40. The van der Waals surface area contributed by atoms with Crippen LogP contribution in [-0.2, 0) is 4.79 Å². The predicted octanol–water partition coefficient (Wildman–Crippen LogP) is -0.650. The molecule has 0 radical (unpaired) electrons. The van der Waals surface area contributed by atoms with Crippen molar-refractivity contribution in [2.75, 3.05) is 58.9 Å². The Balaban J connectivity index is 2.06. The van der Waals surface area contributed by atoms with Gasteiger partial charge in [-0.1, -0.05) is 13.8 Å². The summed E-state index contributed by atoms with van der Waals surface area (Å²) in [6, 6.07) is 0. The van der Waals surface area contributed by atoms with Crippen LogP contribution in [-0.4, -0.2) is 74.6 Å². The van der Waals surface area contributed by atoms with E-state index in [0.29, 0.717) is 6.54 Å². The topological polar surface area (TPSA) is 47.6 Å². The Bertz CT molecular complexity index is 213. The summed E-state index contributed by atoms with van der Waals surface area (Å²) in [5, 5.41) is 6.31. The largest absolute Gasteiger partial charge is 0.354 e. The molecule has 0 atom stereocenters. The fraction of sp³-hybridized carbons (Fsp3) is 0.917. The molecule has 1 saturated heterocycles. The molecule has 1 fully saturated rings. The summed E-state index contributed by atoms with van der Waals surface area (Å²) < 4.78 is 0. The molecule has 1 amide bonds. The van der Waals surface area contributed by atoms with E-state index in [-0.39, 0.29) is 5.91 Å². The molecule has 1 aliphatic heterocycles. The lowest BCUT2D eigenvalue weighted by molar-refractivity contribution is -0.122. The van der Waals surface area contributed by atoms with Gasteiger partial charge in [0.2, 0.25) is 5.91 Å². The number of hydrogen-bond donors (Lipinski definition) is 2. The van der Waals surface area contributed by atoms with E-state index < -0.39 is 0 Å². The summed E-state index contributed by atoms with van der Waals surface area (Å²) in [4.78, 5) is 16.1. The average molecular weight is 242 g/mol. The SMILES string of the molecule is CCN(CC)CC(=O)NCCN1CCNCC1. The van der Waals surface area contributed by atoms with E-state index in [4.69, 9.17) is 0 Å². The minimum atomic E-state index is 0.142. The molecule has 1 aliphatic rings. The minimum absolute atomic E-state index is 0.142. The van der Waals surface area contributed by atoms with Gasteiger partial charge in [0.1, 0.15) is 0 Å². The maximum absolute atomic E-state index is 11.6. The highest BCUT2D eigenvalue weighted by molar-refractivity contribution is 5.77. The zero-order valence-corrected chi connectivity index (χ0v) is 11.2. The first-order valence-electron chi connectivity index (χ1n) is 6.68. The van der Waals surface area contributed by atoms with Gasteiger partial charge in [0.15, 0.2) is 0 Å². The van der Waals surface area contributed by atoms with Gasteiger partial charge >= 0.3 is 0 Å². The van der Waals surface area contributed by atoms with Crippen LogP contribution in [0.25, 0.3) is 0 Å². The Morgan fingerprint density at radius 2 is 1.94 bits per heavy atom. The lowest BCUT2D eigenvalue weighted by Crippen LogP contribution is -2.47. The molecule has 5 heteroatoms. The summed E-state index contributed by atoms with van der Waals surface area (Å²) >= 11 is 0. The summed E-state index contributed by atoms with van der Waals surface area (Å²) in [5.41, 5.74) is 0. The molecule has 0 spiro atoms. The Labute approximate surface area is 105 Å². The highest BCUT2D eigenvalue weighted by Gasteiger charge is 2.10. The Morgan fingerprint density at radius 3 is 2.53 bits per heavy atom. The zero-order valence-electron chi connectivity index (χ0n) is 11.2. The predicted molar refractivity (Wildman–Crippen MR) is 70.1 cm³/mol. The van der Waals surface area contributed by atoms with Crippen molar-refractivity contribution in [1.29, 1.82) is 0 Å². The molecule has 0 aliphatic carbocycles. The molecule has 0 aromatic carbocycles. The molecule has 5 nitrogen and oxygen atoms in total. The summed E-state index contributed by atoms with van der Waals surface area (Å²) in [6.45, 7) is 12.6. The van der Waals surface area contributed by atoms with Crippen LogP contribution >= 0.6 is 0 Å². The number of likely N-dealkylation sites (N-methyl/N-ethyl adjacent to an activating group) is 1. The Kier molecular flexibility index (Phi) is 7.16. The molecule has 100 valence electrons. The van der Waals surface area contributed by atoms with Gasteiger partial charge in [-0.25, -0.2) is 0 Å². The van der Waals surface area contributed by atoms with E-state index in [0.717, 1.165) is 52.4 Å². The van der Waals surface area contributed by atoms with Crippen molar-refractivity contribution in [2.24, 2.45) is 0 Å². The molecular weight excluding hydrogens is 216 g/mol. The third-order valence-corrected chi connectivity index (χ3v) is 3.22. The van der Waals surface area contributed by atoms with Crippen molar-refractivity contribution in [3.63, 3.8) is 0 Å². The highest BCUT2D eigenvalue weighted by Crippen LogP contribution is 1.90. The van der Waals surface area contributed by atoms with E-state index in [1.165, 1.54) is 0 Å². The van der Waals surface area contributed by atoms with Crippen molar-refractivity contribution in [1.82, 2.24) is 20.4 Å². The van der Waals surface area contributed by atoms with E-state index in [1.807, 2.05) is 0 Å². The van der Waals surface area contributed by atoms with E-state index in [2.05, 4.69) is 34.3 Å². The van der Waals surface area contributed by atoms with Crippen molar-refractivity contribution in [3.8, 4) is 0 Å². The second kappa shape index (κ2) is 8.44. The van der Waals surface area contributed by atoms with Gasteiger partial charge < -0.3 is 10.6 Å². The van der Waals surface area contributed by atoms with Gasteiger partial charge in [0.05, 0.1) is 6.54 Å². The van der Waals surface area contributed by atoms with Crippen LogP contribution < -0.4 is 10.6 Å². The third-order valence-electron chi connectivity index (χ3n) is 3.22. The fourth-order valence-electron chi connectivity index (χ4n) is 1.99. The van der Waals surface area contributed by atoms with Crippen molar-refractivity contribution >= 4 is 5.91 Å². The number of rotatable bonds is 7. The quantitative estimate of drug-likeness (QED) is 0.623. The number of carbonyl (C=O) groups is 1. The fourth-order valence-corrected chi connectivity index (χ4v) is 1.99. The van der Waals surface area contributed by atoms with Gasteiger partial charge in [-0.15, -0.1) is 0 Å². The van der Waals surface area contributed by atoms with Crippen LogP contribution in [0, 0.1) is 0 Å². The summed E-state index contributed by atoms with van der Waals surface area (Å²) in [5.74, 6) is 0.142. The molecular formula is C12H26N4O. The summed E-state index contributed by atoms with van der Waals surface area (Å²) in [7, 11) is 0. The monoisotopic (exact) mass is 242 g/mol. The van der Waals surface area contributed by atoms with Crippen molar-refractivity contribution < 1.29 is 4.79 Å². The first-order valence-corrected chi connectivity index (χ1v) is 6.68. The molecule has 17 heavy (non-hydrogen) atoms. The Morgan fingerprint density at radius 1 is 1.29 bits per heavy atom. The lowest BCUT2D eigenvalue weighted by atomic mass is 10.3. The minimum Gasteiger partial charge on any atom is -0.354 e. The van der Waals surface area contributed by atoms with E-state index in [9.17, 15) is 4.79 Å². The van der Waals surface area contributed by atoms with E-state index >= 15 is 0 Å². The molecule has 0 saturated carbocycles. The maximum Gasteiger partial charge on any atom is 0.234 e. The molecule has 1 rings (SSSR count). The van der Waals surface area contributed by atoms with Crippen LogP contribution in [0.3, 0.4) is 0 Å². The third kappa shape index (κ3) is 6.00.